The van der Waals surface area contributed by atoms with Crippen molar-refractivity contribution in [3.05, 3.63) is 50.7 Å². The molecule has 0 radical (unpaired) electrons. The average molecular weight is 306 g/mol. The smallest absolute Gasteiger partial charge is 0.283 e. The van der Waals surface area contributed by atoms with E-state index in [4.69, 9.17) is 16.9 Å². The molecule has 0 fully saturated rings. The number of nitriles is 1. The highest BCUT2D eigenvalue weighted by Gasteiger charge is 2.22. The maximum absolute atomic E-state index is 12.2. The number of carbonyl (C=O) groups excluding carboxylic acids is 1. The van der Waals surface area contributed by atoms with Crippen LogP contribution in [0.5, 0.6) is 0 Å². The van der Waals surface area contributed by atoms with Crippen molar-refractivity contribution in [3.8, 4) is 6.07 Å². The molecular weight excluding hydrogens is 298 g/mol. The van der Waals surface area contributed by atoms with Crippen molar-refractivity contribution in [1.82, 2.24) is 9.78 Å². The van der Waals surface area contributed by atoms with Crippen LogP contribution in [-0.4, -0.2) is 20.6 Å². The molecule has 0 aliphatic rings. The van der Waals surface area contributed by atoms with E-state index in [-0.39, 0.29) is 22.0 Å². The number of rotatable bonds is 3. The summed E-state index contributed by atoms with van der Waals surface area (Å²) < 4.78 is 1.29. The fraction of sp³-hybridized carbons (Fsp3) is 0.0833. The number of aryl methyl sites for hydroxylation is 1. The molecule has 0 saturated heterocycles. The van der Waals surface area contributed by atoms with Crippen molar-refractivity contribution in [2.45, 2.75) is 0 Å². The van der Waals surface area contributed by atoms with E-state index in [0.29, 0.717) is 0 Å². The molecule has 0 atom stereocenters. The van der Waals surface area contributed by atoms with Crippen LogP contribution in [0.15, 0.2) is 24.4 Å². The van der Waals surface area contributed by atoms with Gasteiger partial charge in [-0.3, -0.25) is 19.6 Å². The first-order chi connectivity index (χ1) is 9.93. The zero-order valence-corrected chi connectivity index (χ0v) is 11.5. The third-order valence-corrected chi connectivity index (χ3v) is 2.93. The molecular formula is C12H8ClN5O3. The van der Waals surface area contributed by atoms with E-state index in [0.717, 1.165) is 6.07 Å². The molecule has 21 heavy (non-hydrogen) atoms. The van der Waals surface area contributed by atoms with Gasteiger partial charge in [0.05, 0.1) is 11.1 Å². The number of nitro groups is 1. The second-order valence-corrected chi connectivity index (χ2v) is 4.45. The number of hydrogen-bond acceptors (Lipinski definition) is 5. The van der Waals surface area contributed by atoms with E-state index in [1.807, 2.05) is 6.07 Å². The first-order valence-electron chi connectivity index (χ1n) is 5.61. The lowest BCUT2D eigenvalue weighted by atomic mass is 10.1. The Morgan fingerprint density at radius 2 is 2.29 bits per heavy atom. The van der Waals surface area contributed by atoms with E-state index in [1.165, 1.54) is 30.1 Å². The van der Waals surface area contributed by atoms with Crippen molar-refractivity contribution in [1.29, 1.82) is 5.26 Å². The summed E-state index contributed by atoms with van der Waals surface area (Å²) in [5.41, 5.74) is -0.419. The lowest BCUT2D eigenvalue weighted by Gasteiger charge is -2.06. The SMILES string of the molecule is Cn1ncc(C#N)c1NC(=O)c1ccc(Cl)cc1[N+](=O)[O-]. The van der Waals surface area contributed by atoms with Crippen LogP contribution in [0, 0.1) is 21.4 Å². The lowest BCUT2D eigenvalue weighted by molar-refractivity contribution is -0.385. The largest absolute Gasteiger partial charge is 0.305 e. The first-order valence-corrected chi connectivity index (χ1v) is 5.99. The Hall–Kier alpha value is -2.92. The molecule has 1 aromatic carbocycles. The van der Waals surface area contributed by atoms with Crippen LogP contribution in [-0.2, 0) is 7.05 Å². The van der Waals surface area contributed by atoms with E-state index >= 15 is 0 Å². The Bertz CT molecular complexity index is 778. The van der Waals surface area contributed by atoms with Gasteiger partial charge in [0, 0.05) is 18.1 Å². The maximum atomic E-state index is 12.2. The summed E-state index contributed by atoms with van der Waals surface area (Å²) in [5.74, 6) is -0.565. The van der Waals surface area contributed by atoms with E-state index in [1.54, 1.807) is 0 Å². The molecule has 1 N–H and O–H groups in total. The highest BCUT2D eigenvalue weighted by molar-refractivity contribution is 6.31. The number of anilines is 1. The van der Waals surface area contributed by atoms with Crippen molar-refractivity contribution < 1.29 is 9.72 Å². The maximum Gasteiger partial charge on any atom is 0.283 e. The molecule has 1 aromatic heterocycles. The van der Waals surface area contributed by atoms with E-state index in [2.05, 4.69) is 10.4 Å². The monoisotopic (exact) mass is 305 g/mol. The summed E-state index contributed by atoms with van der Waals surface area (Å²) >= 11 is 5.69. The zero-order chi connectivity index (χ0) is 15.6. The van der Waals surface area contributed by atoms with Crippen molar-refractivity contribution in [3.63, 3.8) is 0 Å². The van der Waals surface area contributed by atoms with Crippen LogP contribution >= 0.6 is 11.6 Å². The third kappa shape index (κ3) is 2.82. The second kappa shape index (κ2) is 5.60. The Morgan fingerprint density at radius 3 is 2.90 bits per heavy atom. The lowest BCUT2D eigenvalue weighted by Crippen LogP contribution is -2.16. The summed E-state index contributed by atoms with van der Waals surface area (Å²) in [6.07, 6.45) is 1.28. The molecule has 0 unspecified atom stereocenters. The molecule has 2 aromatic rings. The van der Waals surface area contributed by atoms with Crippen LogP contribution in [0.2, 0.25) is 5.02 Å². The van der Waals surface area contributed by atoms with E-state index in [9.17, 15) is 14.9 Å². The highest BCUT2D eigenvalue weighted by atomic mass is 35.5. The van der Waals surface area contributed by atoms with E-state index < -0.39 is 16.5 Å². The Morgan fingerprint density at radius 1 is 1.57 bits per heavy atom. The van der Waals surface area contributed by atoms with Gasteiger partial charge >= 0.3 is 0 Å². The summed E-state index contributed by atoms with van der Waals surface area (Å²) in [6.45, 7) is 0. The fourth-order valence-corrected chi connectivity index (χ4v) is 1.86. The molecule has 0 aliphatic heterocycles. The number of nitro benzene ring substituents is 1. The minimum atomic E-state index is -0.724. The van der Waals surface area contributed by atoms with Gasteiger partial charge in [0.25, 0.3) is 11.6 Å². The number of benzene rings is 1. The number of hydrogen-bond donors (Lipinski definition) is 1. The summed E-state index contributed by atoms with van der Waals surface area (Å²) in [5, 5.41) is 26.3. The molecule has 0 spiro atoms. The Balaban J connectivity index is 2.40. The zero-order valence-electron chi connectivity index (χ0n) is 10.7. The van der Waals surface area contributed by atoms with Crippen molar-refractivity contribution in [2.24, 2.45) is 7.05 Å². The van der Waals surface area contributed by atoms with Crippen molar-refractivity contribution in [2.75, 3.05) is 5.32 Å². The molecule has 1 heterocycles. The van der Waals surface area contributed by atoms with Crippen LogP contribution < -0.4 is 5.32 Å². The molecule has 1 amide bonds. The van der Waals surface area contributed by atoms with Gasteiger partial charge in [0.2, 0.25) is 0 Å². The van der Waals surface area contributed by atoms with Gasteiger partial charge in [-0.05, 0) is 12.1 Å². The fourth-order valence-electron chi connectivity index (χ4n) is 1.69. The number of aromatic nitrogens is 2. The van der Waals surface area contributed by atoms with Gasteiger partial charge in [-0.15, -0.1) is 0 Å². The molecule has 2 rings (SSSR count). The van der Waals surface area contributed by atoms with Gasteiger partial charge < -0.3 is 5.32 Å². The second-order valence-electron chi connectivity index (χ2n) is 4.01. The van der Waals surface area contributed by atoms with Gasteiger partial charge in [0.1, 0.15) is 23.0 Å². The number of halogens is 1. The molecule has 0 bridgehead atoms. The molecule has 106 valence electrons. The normalized spacial score (nSPS) is 9.95. The van der Waals surface area contributed by atoms with Gasteiger partial charge in [-0.25, -0.2) is 0 Å². The average Bonchev–Trinajstić information content (AvgIpc) is 2.79. The standard InChI is InChI=1S/C12H8ClN5O3/c1-17-11(7(5-14)6-15-17)16-12(19)9-3-2-8(13)4-10(9)18(20)21/h2-4,6H,1H3,(H,16,19). The van der Waals surface area contributed by atoms with Crippen molar-refractivity contribution >= 4 is 29.0 Å². The number of nitrogens with zero attached hydrogens (tertiary/aromatic N) is 4. The van der Waals surface area contributed by atoms with Crippen LogP contribution in [0.3, 0.4) is 0 Å². The number of nitrogens with one attached hydrogen (secondary N) is 1. The summed E-state index contributed by atoms with van der Waals surface area (Å²) in [6, 6.07) is 5.58. The van der Waals surface area contributed by atoms with Gasteiger partial charge in [0.15, 0.2) is 0 Å². The molecule has 0 aliphatic carbocycles. The van der Waals surface area contributed by atoms with Gasteiger partial charge in [-0.1, -0.05) is 11.6 Å². The number of amides is 1. The van der Waals surface area contributed by atoms with Gasteiger partial charge in [-0.2, -0.15) is 10.4 Å². The minimum Gasteiger partial charge on any atom is -0.305 e. The molecule has 9 heteroatoms. The molecule has 0 saturated carbocycles. The summed E-state index contributed by atoms with van der Waals surface area (Å²) in [7, 11) is 1.53. The quantitative estimate of drug-likeness (QED) is 0.689. The van der Waals surface area contributed by atoms with Crippen LogP contribution in [0.25, 0.3) is 0 Å². The predicted octanol–water partition coefficient (Wildman–Crippen LogP) is 2.11. The Kier molecular flexibility index (Phi) is 3.86. The number of carbonyl (C=O) groups is 1. The predicted molar refractivity (Wildman–Crippen MR) is 74.0 cm³/mol. The summed E-state index contributed by atoms with van der Waals surface area (Å²) in [4.78, 5) is 22.4. The molecule has 8 nitrogen and oxygen atoms in total. The van der Waals surface area contributed by atoms with Crippen LogP contribution in [0.4, 0.5) is 11.5 Å². The topological polar surface area (TPSA) is 114 Å². The Labute approximate surface area is 123 Å². The van der Waals surface area contributed by atoms with Crippen LogP contribution in [0.1, 0.15) is 15.9 Å². The first kappa shape index (κ1) is 14.5. The minimum absolute atomic E-state index is 0.150. The highest BCUT2D eigenvalue weighted by Crippen LogP contribution is 2.24. The third-order valence-electron chi connectivity index (χ3n) is 2.69.